The molecule has 2 saturated heterocycles. The van der Waals surface area contributed by atoms with Gasteiger partial charge in [0.05, 0.1) is 12.5 Å². The molecule has 0 aliphatic carbocycles. The fraction of sp³-hybridized carbons (Fsp3) is 0.688. The third-order valence-corrected chi connectivity index (χ3v) is 4.22. The van der Waals surface area contributed by atoms with Gasteiger partial charge in [0.2, 0.25) is 0 Å². The molecule has 2 rings (SSSR count). The number of hydrogen-bond acceptors (Lipinski definition) is 6. The second-order valence-electron chi connectivity index (χ2n) is 5.76. The first-order valence-corrected chi connectivity index (χ1v) is 8.18. The summed E-state index contributed by atoms with van der Waals surface area (Å²) in [6, 6.07) is 2.02. The standard InChI is InChI=1S/C16H24N4O3/c1-2-23-16(22)13-3-7-20(8-4-13)15(21)14(11-17)12-19-9-5-18-6-10-19/h12-13,18H,2-10H2,1H3/b14-12-. The quantitative estimate of drug-likeness (QED) is 0.449. The van der Waals surface area contributed by atoms with Gasteiger partial charge in [0.15, 0.2) is 0 Å². The molecular formula is C16H24N4O3. The number of carbonyl (C=O) groups is 2. The summed E-state index contributed by atoms with van der Waals surface area (Å²) in [5, 5.41) is 12.5. The van der Waals surface area contributed by atoms with Crippen LogP contribution in [0.1, 0.15) is 19.8 Å². The van der Waals surface area contributed by atoms with Gasteiger partial charge >= 0.3 is 5.97 Å². The van der Waals surface area contributed by atoms with Crippen LogP contribution in [0.4, 0.5) is 0 Å². The Labute approximate surface area is 136 Å². The smallest absolute Gasteiger partial charge is 0.309 e. The molecule has 2 heterocycles. The minimum atomic E-state index is -0.242. The third kappa shape index (κ3) is 4.70. The molecule has 0 aromatic carbocycles. The summed E-state index contributed by atoms with van der Waals surface area (Å²) >= 11 is 0. The lowest BCUT2D eigenvalue weighted by molar-refractivity contribution is -0.150. The first-order chi connectivity index (χ1) is 11.2. The number of hydrogen-bond donors (Lipinski definition) is 1. The molecule has 1 amide bonds. The Kier molecular flexibility index (Phi) is 6.41. The summed E-state index contributed by atoms with van der Waals surface area (Å²) in [6.45, 7) is 6.45. The maximum atomic E-state index is 12.5. The van der Waals surface area contributed by atoms with Crippen LogP contribution in [-0.4, -0.2) is 67.6 Å². The highest BCUT2D eigenvalue weighted by atomic mass is 16.5. The molecule has 2 aliphatic heterocycles. The van der Waals surface area contributed by atoms with Crippen molar-refractivity contribution in [1.82, 2.24) is 15.1 Å². The van der Waals surface area contributed by atoms with Gasteiger partial charge in [-0.25, -0.2) is 0 Å². The van der Waals surface area contributed by atoms with Crippen LogP contribution in [0.2, 0.25) is 0 Å². The number of nitriles is 1. The Bertz CT molecular complexity index is 498. The number of nitrogens with one attached hydrogen (secondary N) is 1. The Hall–Kier alpha value is -2.07. The number of esters is 1. The fourth-order valence-corrected chi connectivity index (χ4v) is 2.87. The van der Waals surface area contributed by atoms with Gasteiger partial charge in [0.1, 0.15) is 11.6 Å². The molecule has 0 spiro atoms. The summed E-state index contributed by atoms with van der Waals surface area (Å²) in [6.07, 6.45) is 2.86. The second-order valence-corrected chi connectivity index (χ2v) is 5.76. The number of rotatable bonds is 4. The van der Waals surface area contributed by atoms with Crippen molar-refractivity contribution in [1.29, 1.82) is 5.26 Å². The number of carbonyl (C=O) groups excluding carboxylic acids is 2. The van der Waals surface area contributed by atoms with E-state index in [4.69, 9.17) is 4.74 Å². The van der Waals surface area contributed by atoms with Crippen molar-refractivity contribution in [3.63, 3.8) is 0 Å². The minimum absolute atomic E-state index is 0.137. The summed E-state index contributed by atoms with van der Waals surface area (Å²) in [7, 11) is 0. The van der Waals surface area contributed by atoms with Gasteiger partial charge < -0.3 is 19.9 Å². The summed E-state index contributed by atoms with van der Waals surface area (Å²) in [5.74, 6) is -0.563. The Morgan fingerprint density at radius 3 is 2.48 bits per heavy atom. The zero-order valence-corrected chi connectivity index (χ0v) is 13.6. The van der Waals surface area contributed by atoms with Crippen LogP contribution in [-0.2, 0) is 14.3 Å². The maximum absolute atomic E-state index is 12.5. The van der Waals surface area contributed by atoms with Crippen molar-refractivity contribution in [2.24, 2.45) is 5.92 Å². The lowest BCUT2D eigenvalue weighted by Gasteiger charge is -2.31. The molecule has 0 unspecified atom stereocenters. The van der Waals surface area contributed by atoms with Gasteiger partial charge in [-0.3, -0.25) is 9.59 Å². The molecule has 7 heteroatoms. The first kappa shape index (κ1) is 17.3. The van der Waals surface area contributed by atoms with Gasteiger partial charge in [0.25, 0.3) is 5.91 Å². The highest BCUT2D eigenvalue weighted by molar-refractivity contribution is 5.97. The van der Waals surface area contributed by atoms with Crippen molar-refractivity contribution in [3.05, 3.63) is 11.8 Å². The topological polar surface area (TPSA) is 85.7 Å². The summed E-state index contributed by atoms with van der Waals surface area (Å²) < 4.78 is 5.03. The number of ether oxygens (including phenoxy) is 1. The molecule has 0 saturated carbocycles. The lowest BCUT2D eigenvalue weighted by atomic mass is 9.96. The zero-order chi connectivity index (χ0) is 16.7. The SMILES string of the molecule is CCOC(=O)C1CCN(C(=O)/C(C#N)=C\N2CCNCC2)CC1. The number of nitrogens with zero attached hydrogens (tertiary/aromatic N) is 3. The van der Waals surface area contributed by atoms with Gasteiger partial charge in [0, 0.05) is 45.5 Å². The molecule has 23 heavy (non-hydrogen) atoms. The van der Waals surface area contributed by atoms with E-state index in [1.165, 1.54) is 0 Å². The number of piperidine rings is 1. The van der Waals surface area contributed by atoms with Gasteiger partial charge in [-0.15, -0.1) is 0 Å². The molecule has 0 aromatic rings. The molecular weight excluding hydrogens is 296 g/mol. The van der Waals surface area contributed by atoms with Crippen LogP contribution >= 0.6 is 0 Å². The van der Waals surface area contributed by atoms with Gasteiger partial charge in [-0.05, 0) is 19.8 Å². The predicted octanol–water partition coefficient (Wildman–Crippen LogP) is 0.101. The van der Waals surface area contributed by atoms with Crippen molar-refractivity contribution in [3.8, 4) is 6.07 Å². The lowest BCUT2D eigenvalue weighted by Crippen LogP contribution is -2.43. The van der Waals surface area contributed by atoms with Crippen LogP contribution in [0.25, 0.3) is 0 Å². The maximum Gasteiger partial charge on any atom is 0.309 e. The number of piperazine rings is 1. The summed E-state index contributed by atoms with van der Waals surface area (Å²) in [5.41, 5.74) is 0.168. The molecule has 2 aliphatic rings. The van der Waals surface area contributed by atoms with Crippen molar-refractivity contribution in [2.75, 3.05) is 45.9 Å². The van der Waals surface area contributed by atoms with E-state index in [0.29, 0.717) is 32.5 Å². The molecule has 0 aromatic heterocycles. The average molecular weight is 320 g/mol. The van der Waals surface area contributed by atoms with Crippen molar-refractivity contribution >= 4 is 11.9 Å². The fourth-order valence-electron chi connectivity index (χ4n) is 2.87. The second kappa shape index (κ2) is 8.53. The van der Waals surface area contributed by atoms with Crippen molar-refractivity contribution in [2.45, 2.75) is 19.8 Å². The van der Waals surface area contributed by atoms with Crippen LogP contribution in [0, 0.1) is 17.2 Å². The molecule has 0 atom stereocenters. The molecule has 7 nitrogen and oxygen atoms in total. The first-order valence-electron chi connectivity index (χ1n) is 8.18. The zero-order valence-electron chi connectivity index (χ0n) is 13.6. The highest BCUT2D eigenvalue weighted by Crippen LogP contribution is 2.20. The van der Waals surface area contributed by atoms with Crippen LogP contribution in [0.15, 0.2) is 11.8 Å². The van der Waals surface area contributed by atoms with E-state index in [-0.39, 0.29) is 23.4 Å². The predicted molar refractivity (Wildman–Crippen MR) is 84.1 cm³/mol. The van der Waals surface area contributed by atoms with E-state index < -0.39 is 0 Å². The molecule has 0 radical (unpaired) electrons. The largest absolute Gasteiger partial charge is 0.466 e. The van der Waals surface area contributed by atoms with Crippen molar-refractivity contribution < 1.29 is 14.3 Å². The van der Waals surface area contributed by atoms with E-state index in [0.717, 1.165) is 26.2 Å². The van der Waals surface area contributed by atoms with E-state index in [9.17, 15) is 14.9 Å². The normalized spacial score (nSPS) is 20.1. The molecule has 1 N–H and O–H groups in total. The monoisotopic (exact) mass is 320 g/mol. The highest BCUT2D eigenvalue weighted by Gasteiger charge is 2.29. The minimum Gasteiger partial charge on any atom is -0.466 e. The molecule has 0 bridgehead atoms. The number of likely N-dealkylation sites (tertiary alicyclic amines) is 1. The van der Waals surface area contributed by atoms with Gasteiger partial charge in [-0.1, -0.05) is 0 Å². The van der Waals surface area contributed by atoms with Gasteiger partial charge in [-0.2, -0.15) is 5.26 Å². The van der Waals surface area contributed by atoms with E-state index in [2.05, 4.69) is 5.32 Å². The summed E-state index contributed by atoms with van der Waals surface area (Å²) in [4.78, 5) is 27.9. The van der Waals surface area contributed by atoms with E-state index in [1.807, 2.05) is 11.0 Å². The van der Waals surface area contributed by atoms with Crippen LogP contribution < -0.4 is 5.32 Å². The molecule has 2 fully saturated rings. The average Bonchev–Trinajstić information content (AvgIpc) is 2.60. The van der Waals surface area contributed by atoms with Crippen LogP contribution in [0.5, 0.6) is 0 Å². The Balaban J connectivity index is 1.91. The molecule has 126 valence electrons. The van der Waals surface area contributed by atoms with Crippen LogP contribution in [0.3, 0.4) is 0 Å². The Morgan fingerprint density at radius 1 is 1.26 bits per heavy atom. The number of amides is 1. The third-order valence-electron chi connectivity index (χ3n) is 4.22. The van der Waals surface area contributed by atoms with E-state index >= 15 is 0 Å². The Morgan fingerprint density at radius 2 is 1.91 bits per heavy atom. The van der Waals surface area contributed by atoms with E-state index in [1.54, 1.807) is 18.0 Å².